The molecule has 8 heteroatoms. The van der Waals surface area contributed by atoms with Crippen LogP contribution in [0.4, 0.5) is 4.39 Å². The van der Waals surface area contributed by atoms with E-state index in [1.807, 2.05) is 6.92 Å². The van der Waals surface area contributed by atoms with Crippen LogP contribution < -0.4 is 0 Å². The van der Waals surface area contributed by atoms with E-state index in [9.17, 15) is 9.18 Å². The van der Waals surface area contributed by atoms with Gasteiger partial charge in [0.15, 0.2) is 12.4 Å². The molecule has 0 bridgehead atoms. The standard InChI is InChI=1S/C13H14ClFN4O2/c1-2-6-19-12(16-17-18-19)8-21-13(20)7-9-10(14)4-3-5-11(9)15/h3-5H,2,6-8H2,1H3. The number of benzene rings is 1. The van der Waals surface area contributed by atoms with Gasteiger partial charge < -0.3 is 4.74 Å². The smallest absolute Gasteiger partial charge is 0.310 e. The second-order valence-electron chi connectivity index (χ2n) is 4.36. The van der Waals surface area contributed by atoms with E-state index in [2.05, 4.69) is 15.5 Å². The van der Waals surface area contributed by atoms with E-state index < -0.39 is 11.8 Å². The molecule has 0 atom stereocenters. The number of ether oxygens (including phenoxy) is 1. The maximum absolute atomic E-state index is 13.6. The molecule has 0 unspecified atom stereocenters. The first kappa shape index (κ1) is 15.4. The van der Waals surface area contributed by atoms with Gasteiger partial charge in [-0.15, -0.1) is 5.10 Å². The van der Waals surface area contributed by atoms with E-state index in [1.165, 1.54) is 18.2 Å². The van der Waals surface area contributed by atoms with Crippen molar-refractivity contribution in [3.63, 3.8) is 0 Å². The summed E-state index contributed by atoms with van der Waals surface area (Å²) in [5.41, 5.74) is 0.123. The van der Waals surface area contributed by atoms with Gasteiger partial charge in [0.2, 0.25) is 0 Å². The summed E-state index contributed by atoms with van der Waals surface area (Å²) in [5, 5.41) is 11.3. The van der Waals surface area contributed by atoms with Crippen LogP contribution in [0.5, 0.6) is 0 Å². The summed E-state index contributed by atoms with van der Waals surface area (Å²) in [6.45, 7) is 2.56. The molecular weight excluding hydrogens is 299 g/mol. The highest BCUT2D eigenvalue weighted by atomic mass is 35.5. The lowest BCUT2D eigenvalue weighted by atomic mass is 10.1. The maximum atomic E-state index is 13.6. The lowest BCUT2D eigenvalue weighted by Crippen LogP contribution is -2.13. The summed E-state index contributed by atoms with van der Waals surface area (Å²) in [7, 11) is 0. The molecule has 0 aliphatic rings. The fourth-order valence-electron chi connectivity index (χ4n) is 1.75. The van der Waals surface area contributed by atoms with Crippen LogP contribution >= 0.6 is 11.6 Å². The fourth-order valence-corrected chi connectivity index (χ4v) is 1.98. The molecule has 0 N–H and O–H groups in total. The molecule has 1 aromatic heterocycles. The summed E-state index contributed by atoms with van der Waals surface area (Å²) in [6.07, 6.45) is 0.623. The molecule has 0 radical (unpaired) electrons. The predicted octanol–water partition coefficient (Wildman–Crippen LogP) is 2.16. The van der Waals surface area contributed by atoms with Crippen LogP contribution in [0.15, 0.2) is 18.2 Å². The van der Waals surface area contributed by atoms with Crippen molar-refractivity contribution in [2.24, 2.45) is 0 Å². The Labute approximate surface area is 125 Å². The zero-order chi connectivity index (χ0) is 15.2. The lowest BCUT2D eigenvalue weighted by molar-refractivity contribution is -0.144. The number of esters is 1. The van der Waals surface area contributed by atoms with Gasteiger partial charge >= 0.3 is 5.97 Å². The van der Waals surface area contributed by atoms with Gasteiger partial charge in [0.1, 0.15) is 5.82 Å². The normalized spacial score (nSPS) is 10.6. The van der Waals surface area contributed by atoms with Crippen molar-refractivity contribution < 1.29 is 13.9 Å². The van der Waals surface area contributed by atoms with E-state index in [0.29, 0.717) is 12.4 Å². The fraction of sp³-hybridized carbons (Fsp3) is 0.385. The Balaban J connectivity index is 1.95. The quantitative estimate of drug-likeness (QED) is 0.764. The Morgan fingerprint density at radius 3 is 3.00 bits per heavy atom. The first-order chi connectivity index (χ1) is 10.1. The highest BCUT2D eigenvalue weighted by Crippen LogP contribution is 2.19. The first-order valence-electron chi connectivity index (χ1n) is 6.45. The lowest BCUT2D eigenvalue weighted by Gasteiger charge is -2.07. The molecule has 0 spiro atoms. The van der Waals surface area contributed by atoms with Gasteiger partial charge in [0, 0.05) is 17.1 Å². The molecule has 1 aromatic carbocycles. The second-order valence-corrected chi connectivity index (χ2v) is 4.76. The molecule has 2 rings (SSSR count). The number of hydrogen-bond donors (Lipinski definition) is 0. The molecule has 0 aliphatic heterocycles. The van der Waals surface area contributed by atoms with Crippen molar-refractivity contribution in [2.45, 2.75) is 32.9 Å². The molecular formula is C13H14ClFN4O2. The van der Waals surface area contributed by atoms with Crippen molar-refractivity contribution in [3.05, 3.63) is 40.4 Å². The van der Waals surface area contributed by atoms with Gasteiger partial charge in [0.05, 0.1) is 6.42 Å². The number of carbonyl (C=O) groups is 1. The summed E-state index contributed by atoms with van der Waals surface area (Å²) in [4.78, 5) is 11.8. The number of aryl methyl sites for hydroxylation is 1. The van der Waals surface area contributed by atoms with Crippen molar-refractivity contribution in [1.82, 2.24) is 20.2 Å². The molecule has 0 aliphatic carbocycles. The highest BCUT2D eigenvalue weighted by molar-refractivity contribution is 6.31. The largest absolute Gasteiger partial charge is 0.457 e. The highest BCUT2D eigenvalue weighted by Gasteiger charge is 2.14. The number of hydrogen-bond acceptors (Lipinski definition) is 5. The zero-order valence-electron chi connectivity index (χ0n) is 11.4. The topological polar surface area (TPSA) is 69.9 Å². The summed E-state index contributed by atoms with van der Waals surface area (Å²) in [6, 6.07) is 4.25. The Morgan fingerprint density at radius 1 is 1.48 bits per heavy atom. The Morgan fingerprint density at radius 2 is 2.29 bits per heavy atom. The van der Waals surface area contributed by atoms with E-state index in [1.54, 1.807) is 4.68 Å². The minimum Gasteiger partial charge on any atom is -0.457 e. The van der Waals surface area contributed by atoms with Gasteiger partial charge in [-0.05, 0) is 29.0 Å². The average molecular weight is 313 g/mol. The van der Waals surface area contributed by atoms with Gasteiger partial charge in [-0.25, -0.2) is 9.07 Å². The molecule has 21 heavy (non-hydrogen) atoms. The predicted molar refractivity (Wildman–Crippen MR) is 73.0 cm³/mol. The van der Waals surface area contributed by atoms with Crippen LogP contribution in [0.1, 0.15) is 24.7 Å². The molecule has 1 heterocycles. The first-order valence-corrected chi connectivity index (χ1v) is 6.83. The van der Waals surface area contributed by atoms with Gasteiger partial charge in [-0.3, -0.25) is 4.79 Å². The second kappa shape index (κ2) is 7.12. The van der Waals surface area contributed by atoms with E-state index >= 15 is 0 Å². The van der Waals surface area contributed by atoms with Crippen LogP contribution in [0.3, 0.4) is 0 Å². The third-order valence-corrected chi connectivity index (χ3v) is 3.14. The molecule has 0 fully saturated rings. The summed E-state index contributed by atoms with van der Waals surface area (Å²) < 4.78 is 20.2. The number of tetrazole rings is 1. The van der Waals surface area contributed by atoms with Crippen LogP contribution in [-0.2, 0) is 29.1 Å². The maximum Gasteiger partial charge on any atom is 0.310 e. The molecule has 0 saturated carbocycles. The SMILES string of the molecule is CCCn1nnnc1COC(=O)Cc1c(F)cccc1Cl. The molecule has 112 valence electrons. The third kappa shape index (κ3) is 3.98. The third-order valence-electron chi connectivity index (χ3n) is 2.79. The average Bonchev–Trinajstić information content (AvgIpc) is 2.89. The van der Waals surface area contributed by atoms with Gasteiger partial charge in [-0.1, -0.05) is 24.6 Å². The Kier molecular flexibility index (Phi) is 5.21. The number of nitrogens with zero attached hydrogens (tertiary/aromatic N) is 4. The molecule has 0 amide bonds. The van der Waals surface area contributed by atoms with Crippen LogP contribution in [-0.4, -0.2) is 26.2 Å². The van der Waals surface area contributed by atoms with Crippen LogP contribution in [0.25, 0.3) is 0 Å². The van der Waals surface area contributed by atoms with Crippen molar-refractivity contribution in [1.29, 1.82) is 0 Å². The monoisotopic (exact) mass is 312 g/mol. The van der Waals surface area contributed by atoms with Crippen molar-refractivity contribution in [3.8, 4) is 0 Å². The Bertz CT molecular complexity index is 612. The number of carbonyl (C=O) groups excluding carboxylic acids is 1. The minimum absolute atomic E-state index is 0.0576. The van der Waals surface area contributed by atoms with E-state index in [4.69, 9.17) is 16.3 Å². The number of halogens is 2. The molecule has 2 aromatic rings. The van der Waals surface area contributed by atoms with Crippen LogP contribution in [0, 0.1) is 5.82 Å². The number of rotatable bonds is 6. The zero-order valence-corrected chi connectivity index (χ0v) is 12.2. The van der Waals surface area contributed by atoms with Gasteiger partial charge in [0.25, 0.3) is 0 Å². The summed E-state index contributed by atoms with van der Waals surface area (Å²) >= 11 is 5.86. The summed E-state index contributed by atoms with van der Waals surface area (Å²) in [5.74, 6) is -0.673. The van der Waals surface area contributed by atoms with Gasteiger partial charge in [-0.2, -0.15) is 0 Å². The van der Waals surface area contributed by atoms with Crippen LogP contribution in [0.2, 0.25) is 5.02 Å². The number of aromatic nitrogens is 4. The Hall–Kier alpha value is -2.02. The minimum atomic E-state index is -0.590. The van der Waals surface area contributed by atoms with Crippen molar-refractivity contribution in [2.75, 3.05) is 0 Å². The van der Waals surface area contributed by atoms with E-state index in [-0.39, 0.29) is 23.6 Å². The molecule has 6 nitrogen and oxygen atoms in total. The molecule has 0 saturated heterocycles. The van der Waals surface area contributed by atoms with E-state index in [0.717, 1.165) is 6.42 Å². The van der Waals surface area contributed by atoms with Crippen molar-refractivity contribution >= 4 is 17.6 Å².